The van der Waals surface area contributed by atoms with Crippen molar-refractivity contribution in [1.82, 2.24) is 0 Å². The Morgan fingerprint density at radius 3 is 2.93 bits per heavy atom. The van der Waals surface area contributed by atoms with E-state index in [2.05, 4.69) is 0 Å². The number of benzene rings is 1. The monoisotopic (exact) mass is 192 g/mol. The van der Waals surface area contributed by atoms with Gasteiger partial charge in [-0.25, -0.2) is 0 Å². The summed E-state index contributed by atoms with van der Waals surface area (Å²) in [6.07, 6.45) is 0. The third-order valence-corrected chi connectivity index (χ3v) is 1.72. The highest BCUT2D eigenvalue weighted by Gasteiger charge is 2.06. The lowest BCUT2D eigenvalue weighted by molar-refractivity contribution is -0.132. The third kappa shape index (κ3) is 1.54. The van der Waals surface area contributed by atoms with E-state index in [-0.39, 0.29) is 11.7 Å². The Labute approximate surface area is 79.7 Å². The quantitative estimate of drug-likeness (QED) is 0.702. The molecule has 0 unspecified atom stereocenters. The van der Waals surface area contributed by atoms with Crippen LogP contribution in [-0.4, -0.2) is 11.1 Å². The van der Waals surface area contributed by atoms with E-state index in [1.165, 1.54) is 19.1 Å². The number of esters is 1. The van der Waals surface area contributed by atoms with Gasteiger partial charge in [0.1, 0.15) is 11.3 Å². The molecule has 14 heavy (non-hydrogen) atoms. The van der Waals surface area contributed by atoms with Crippen LogP contribution < -0.4 is 4.74 Å². The number of carbonyl (C=O) groups is 1. The second-order valence-electron chi connectivity index (χ2n) is 2.88. The van der Waals surface area contributed by atoms with E-state index in [0.29, 0.717) is 11.0 Å². The van der Waals surface area contributed by atoms with Crippen LogP contribution in [0.2, 0.25) is 0 Å². The molecule has 0 saturated heterocycles. The molecular formula is C10H8O4. The molecule has 0 bridgehead atoms. The van der Waals surface area contributed by atoms with Crippen LogP contribution in [-0.2, 0) is 4.79 Å². The molecule has 0 fully saturated rings. The van der Waals surface area contributed by atoms with E-state index in [1.807, 2.05) is 0 Å². The number of furan rings is 1. The first-order valence-corrected chi connectivity index (χ1v) is 4.06. The number of carbonyl (C=O) groups excluding carboxylic acids is 1. The molecule has 0 spiro atoms. The Bertz CT molecular complexity index is 484. The van der Waals surface area contributed by atoms with Crippen LogP contribution >= 0.6 is 0 Å². The molecule has 0 aliphatic carbocycles. The second-order valence-corrected chi connectivity index (χ2v) is 2.88. The smallest absolute Gasteiger partial charge is 0.310 e. The molecule has 72 valence electrons. The highest BCUT2D eigenvalue weighted by atomic mass is 16.6. The van der Waals surface area contributed by atoms with Crippen molar-refractivity contribution >= 4 is 16.9 Å². The maximum absolute atomic E-state index is 10.6. The lowest BCUT2D eigenvalue weighted by Crippen LogP contribution is -1.99. The Morgan fingerprint density at radius 1 is 1.43 bits per heavy atom. The fourth-order valence-corrected chi connectivity index (χ4v) is 1.20. The predicted molar refractivity (Wildman–Crippen MR) is 49.2 cm³/mol. The Morgan fingerprint density at radius 2 is 2.21 bits per heavy atom. The van der Waals surface area contributed by atoms with Gasteiger partial charge in [0, 0.05) is 18.4 Å². The zero-order chi connectivity index (χ0) is 10.1. The number of hydrogen-bond donors (Lipinski definition) is 1. The van der Waals surface area contributed by atoms with Gasteiger partial charge in [0.15, 0.2) is 0 Å². The van der Waals surface area contributed by atoms with Gasteiger partial charge < -0.3 is 14.3 Å². The van der Waals surface area contributed by atoms with Crippen LogP contribution in [0.15, 0.2) is 28.7 Å². The van der Waals surface area contributed by atoms with E-state index in [0.717, 1.165) is 0 Å². The van der Waals surface area contributed by atoms with Gasteiger partial charge in [-0.2, -0.15) is 0 Å². The SMILES string of the molecule is CC(=O)Oc1cc2cc(O)ccc2o1. The van der Waals surface area contributed by atoms with Crippen LogP contribution in [0.4, 0.5) is 0 Å². The number of aromatic hydroxyl groups is 1. The Balaban J connectivity index is 2.46. The molecule has 0 atom stereocenters. The number of hydrogen-bond acceptors (Lipinski definition) is 4. The molecule has 1 N–H and O–H groups in total. The largest absolute Gasteiger partial charge is 0.508 e. The lowest BCUT2D eigenvalue weighted by atomic mass is 10.2. The fraction of sp³-hybridized carbons (Fsp3) is 0.100. The van der Waals surface area contributed by atoms with Gasteiger partial charge in [0.2, 0.25) is 0 Å². The van der Waals surface area contributed by atoms with Crippen LogP contribution in [0.5, 0.6) is 11.7 Å². The molecule has 2 rings (SSSR count). The predicted octanol–water partition coefficient (Wildman–Crippen LogP) is 2.06. The molecule has 1 aromatic heterocycles. The first-order valence-electron chi connectivity index (χ1n) is 4.06. The molecule has 0 saturated carbocycles. The van der Waals surface area contributed by atoms with Crippen molar-refractivity contribution in [3.05, 3.63) is 24.3 Å². The summed E-state index contributed by atoms with van der Waals surface area (Å²) in [5.74, 6) is -0.154. The number of ether oxygens (including phenoxy) is 1. The van der Waals surface area contributed by atoms with E-state index >= 15 is 0 Å². The third-order valence-electron chi connectivity index (χ3n) is 1.72. The van der Waals surface area contributed by atoms with Gasteiger partial charge in [-0.1, -0.05) is 0 Å². The summed E-state index contributed by atoms with van der Waals surface area (Å²) >= 11 is 0. The number of phenols is 1. The van der Waals surface area contributed by atoms with E-state index in [4.69, 9.17) is 9.15 Å². The van der Waals surface area contributed by atoms with Crippen molar-refractivity contribution < 1.29 is 19.1 Å². The molecule has 0 aliphatic rings. The molecule has 0 aliphatic heterocycles. The topological polar surface area (TPSA) is 59.7 Å². The molecule has 0 radical (unpaired) electrons. The summed E-state index contributed by atoms with van der Waals surface area (Å²) in [5.41, 5.74) is 0.569. The number of fused-ring (bicyclic) bond motifs is 1. The first-order chi connectivity index (χ1) is 6.65. The average Bonchev–Trinajstić information content (AvgIpc) is 2.44. The highest BCUT2D eigenvalue weighted by molar-refractivity contribution is 5.81. The summed E-state index contributed by atoms with van der Waals surface area (Å²) in [6.45, 7) is 1.30. The van der Waals surface area contributed by atoms with Crippen molar-refractivity contribution in [2.24, 2.45) is 0 Å². The zero-order valence-electron chi connectivity index (χ0n) is 7.48. The van der Waals surface area contributed by atoms with Crippen LogP contribution in [0.3, 0.4) is 0 Å². The number of rotatable bonds is 1. The van der Waals surface area contributed by atoms with E-state index < -0.39 is 5.97 Å². The van der Waals surface area contributed by atoms with Crippen molar-refractivity contribution in [1.29, 1.82) is 0 Å². The minimum Gasteiger partial charge on any atom is -0.508 e. The maximum atomic E-state index is 10.6. The molecule has 1 heterocycles. The van der Waals surface area contributed by atoms with Gasteiger partial charge >= 0.3 is 5.97 Å². The first kappa shape index (κ1) is 8.62. The number of phenolic OH excluding ortho intramolecular Hbond substituents is 1. The Kier molecular flexibility index (Phi) is 1.89. The standard InChI is InChI=1S/C10H8O4/c1-6(11)13-10-5-7-4-8(12)2-3-9(7)14-10/h2-5,12H,1H3. The van der Waals surface area contributed by atoms with E-state index in [9.17, 15) is 9.90 Å². The zero-order valence-corrected chi connectivity index (χ0v) is 7.48. The minimum atomic E-state index is -0.437. The summed E-state index contributed by atoms with van der Waals surface area (Å²) in [5, 5.41) is 9.87. The van der Waals surface area contributed by atoms with Gasteiger partial charge in [-0.15, -0.1) is 0 Å². The second kappa shape index (κ2) is 3.06. The van der Waals surface area contributed by atoms with Crippen LogP contribution in [0.25, 0.3) is 11.0 Å². The highest BCUT2D eigenvalue weighted by Crippen LogP contribution is 2.27. The van der Waals surface area contributed by atoms with Gasteiger partial charge in [-0.3, -0.25) is 4.79 Å². The Hall–Kier alpha value is -1.97. The van der Waals surface area contributed by atoms with E-state index in [1.54, 1.807) is 12.1 Å². The van der Waals surface area contributed by atoms with Crippen LogP contribution in [0.1, 0.15) is 6.92 Å². The molecule has 4 nitrogen and oxygen atoms in total. The molecule has 1 aromatic carbocycles. The lowest BCUT2D eigenvalue weighted by Gasteiger charge is -1.91. The van der Waals surface area contributed by atoms with Gasteiger partial charge in [0.05, 0.1) is 0 Å². The summed E-state index contributed by atoms with van der Waals surface area (Å²) in [4.78, 5) is 10.6. The normalized spacial score (nSPS) is 10.4. The fourth-order valence-electron chi connectivity index (χ4n) is 1.20. The van der Waals surface area contributed by atoms with Crippen molar-refractivity contribution in [3.8, 4) is 11.7 Å². The molecule has 4 heteroatoms. The summed E-state index contributed by atoms with van der Waals surface area (Å²) in [7, 11) is 0. The van der Waals surface area contributed by atoms with Gasteiger partial charge in [-0.05, 0) is 18.2 Å². The van der Waals surface area contributed by atoms with Crippen LogP contribution in [0, 0.1) is 0 Å². The molecule has 0 amide bonds. The molecular weight excluding hydrogens is 184 g/mol. The van der Waals surface area contributed by atoms with Gasteiger partial charge in [0.25, 0.3) is 5.95 Å². The van der Waals surface area contributed by atoms with Crippen molar-refractivity contribution in [2.75, 3.05) is 0 Å². The maximum Gasteiger partial charge on any atom is 0.310 e. The van der Waals surface area contributed by atoms with Crippen molar-refractivity contribution in [2.45, 2.75) is 6.92 Å². The minimum absolute atomic E-state index is 0.137. The van der Waals surface area contributed by atoms with Crippen molar-refractivity contribution in [3.63, 3.8) is 0 Å². The summed E-state index contributed by atoms with van der Waals surface area (Å²) < 4.78 is 9.93. The summed E-state index contributed by atoms with van der Waals surface area (Å²) in [6, 6.07) is 6.20. The molecule has 2 aromatic rings. The average molecular weight is 192 g/mol.